The Hall–Kier alpha value is -3.78. The van der Waals surface area contributed by atoms with Crippen molar-refractivity contribution in [3.8, 4) is 11.6 Å². The summed E-state index contributed by atoms with van der Waals surface area (Å²) >= 11 is 0. The minimum atomic E-state index is -0.658. The average Bonchev–Trinajstić information content (AvgIpc) is 3.35. The van der Waals surface area contributed by atoms with Gasteiger partial charge in [0.15, 0.2) is 0 Å². The summed E-state index contributed by atoms with van der Waals surface area (Å²) in [6.45, 7) is 0.350. The van der Waals surface area contributed by atoms with E-state index in [2.05, 4.69) is 25.2 Å². The third-order valence-electron chi connectivity index (χ3n) is 5.12. The second-order valence-corrected chi connectivity index (χ2v) is 7.28. The van der Waals surface area contributed by atoms with Gasteiger partial charge in [-0.15, -0.1) is 0 Å². The Morgan fingerprint density at radius 3 is 2.73 bits per heavy atom. The fourth-order valence-electron chi connectivity index (χ4n) is 3.20. The van der Waals surface area contributed by atoms with Crippen LogP contribution in [0, 0.1) is 0 Å². The van der Waals surface area contributed by atoms with Crippen LogP contribution in [0.5, 0.6) is 11.6 Å². The Morgan fingerprint density at radius 1 is 1.13 bits per heavy atom. The van der Waals surface area contributed by atoms with Gasteiger partial charge in [-0.3, -0.25) is 4.79 Å². The lowest BCUT2D eigenvalue weighted by Gasteiger charge is -2.11. The summed E-state index contributed by atoms with van der Waals surface area (Å²) < 4.78 is 10.5. The second-order valence-electron chi connectivity index (χ2n) is 7.28. The van der Waals surface area contributed by atoms with Crippen molar-refractivity contribution >= 4 is 16.9 Å². The number of carbonyl (C=O) groups is 1. The number of benzene rings is 2. The molecule has 1 fully saturated rings. The highest BCUT2D eigenvalue weighted by Crippen LogP contribution is 2.45. The molecule has 0 atom stereocenters. The zero-order valence-corrected chi connectivity index (χ0v) is 15.9. The molecule has 1 aliphatic rings. The van der Waals surface area contributed by atoms with Crippen LogP contribution < -0.4 is 10.1 Å². The largest absolute Gasteiger partial charge is 0.438 e. The van der Waals surface area contributed by atoms with Crippen molar-refractivity contribution in [1.82, 2.24) is 20.6 Å². The number of rotatable bonds is 6. The highest BCUT2D eigenvalue weighted by Gasteiger charge is 2.41. The molecule has 4 aromatic rings. The predicted molar refractivity (Wildman–Crippen MR) is 109 cm³/mol. The van der Waals surface area contributed by atoms with Crippen LogP contribution in [-0.4, -0.2) is 26.3 Å². The minimum absolute atomic E-state index is 0. The Labute approximate surface area is 173 Å². The third-order valence-corrected chi connectivity index (χ3v) is 5.12. The number of hydrogen-bond acceptors (Lipinski definition) is 7. The predicted octanol–water partition coefficient (Wildman–Crippen LogP) is 3.57. The number of aliphatic hydroxyl groups is 1. The standard InChI is InChI=1S/C22H18N4O4.H2/c27-20(24-13-14-3-5-15(6-4-14)22(28)9-10-22)17-2-1-11-23-21(17)29-16-7-8-18-19(12-16)26-30-25-18;/h1-8,11-12,28H,9-10,13H2,(H,24,27);1H. The summed E-state index contributed by atoms with van der Waals surface area (Å²) in [6.07, 6.45) is 3.16. The molecule has 1 amide bonds. The van der Waals surface area contributed by atoms with Crippen LogP contribution in [0.25, 0.3) is 11.0 Å². The number of nitrogens with zero attached hydrogens (tertiary/aromatic N) is 3. The van der Waals surface area contributed by atoms with E-state index in [1.165, 1.54) is 0 Å². The van der Waals surface area contributed by atoms with E-state index < -0.39 is 5.60 Å². The number of aromatic nitrogens is 3. The van der Waals surface area contributed by atoms with E-state index in [-0.39, 0.29) is 13.2 Å². The molecule has 2 N–H and O–H groups in total. The molecular weight excluding hydrogens is 384 g/mol. The number of pyridine rings is 1. The molecule has 30 heavy (non-hydrogen) atoms. The maximum atomic E-state index is 12.7. The summed E-state index contributed by atoms with van der Waals surface area (Å²) in [6, 6.07) is 16.0. The molecule has 8 nitrogen and oxygen atoms in total. The SMILES string of the molecule is O=C(NCc1ccc(C2(O)CC2)cc1)c1cccnc1Oc1ccc2nonc2c1.[HH]. The number of ether oxygens (including phenoxy) is 1. The molecule has 152 valence electrons. The summed E-state index contributed by atoms with van der Waals surface area (Å²) in [5.74, 6) is 0.365. The number of carbonyl (C=O) groups excluding carboxylic acids is 1. The zero-order chi connectivity index (χ0) is 20.6. The van der Waals surface area contributed by atoms with Crippen molar-refractivity contribution < 1.29 is 20.7 Å². The molecule has 8 heteroatoms. The van der Waals surface area contributed by atoms with Gasteiger partial charge in [0.2, 0.25) is 5.88 Å². The number of nitrogens with one attached hydrogen (secondary N) is 1. The Kier molecular flexibility index (Phi) is 4.40. The first-order valence-electron chi connectivity index (χ1n) is 9.56. The van der Waals surface area contributed by atoms with Gasteiger partial charge in [-0.25, -0.2) is 9.61 Å². The van der Waals surface area contributed by atoms with E-state index in [1.807, 2.05) is 24.3 Å². The van der Waals surface area contributed by atoms with Gasteiger partial charge < -0.3 is 15.2 Å². The van der Waals surface area contributed by atoms with Gasteiger partial charge in [0.25, 0.3) is 5.91 Å². The fourth-order valence-corrected chi connectivity index (χ4v) is 3.20. The molecule has 0 saturated heterocycles. The van der Waals surface area contributed by atoms with Gasteiger partial charge in [-0.1, -0.05) is 24.3 Å². The Balaban J connectivity index is 0.00000231. The molecule has 0 unspecified atom stereocenters. The van der Waals surface area contributed by atoms with Gasteiger partial charge in [0, 0.05) is 20.2 Å². The highest BCUT2D eigenvalue weighted by atomic mass is 16.6. The van der Waals surface area contributed by atoms with Gasteiger partial charge in [-0.05, 0) is 58.5 Å². The van der Waals surface area contributed by atoms with Crippen LogP contribution in [0.3, 0.4) is 0 Å². The molecule has 0 radical (unpaired) electrons. The fraction of sp³-hybridized carbons (Fsp3) is 0.182. The average molecular weight is 404 g/mol. The summed E-state index contributed by atoms with van der Waals surface area (Å²) in [5.41, 5.74) is 2.68. The maximum Gasteiger partial charge on any atom is 0.257 e. The molecule has 1 saturated carbocycles. The van der Waals surface area contributed by atoms with Gasteiger partial charge in [0.05, 0.1) is 5.60 Å². The van der Waals surface area contributed by atoms with Crippen LogP contribution >= 0.6 is 0 Å². The normalized spacial score (nSPS) is 14.4. The summed E-state index contributed by atoms with van der Waals surface area (Å²) in [7, 11) is 0. The smallest absolute Gasteiger partial charge is 0.257 e. The van der Waals surface area contributed by atoms with Crippen LogP contribution in [0.15, 0.2) is 65.4 Å². The van der Waals surface area contributed by atoms with Crippen molar-refractivity contribution in [2.24, 2.45) is 0 Å². The number of amides is 1. The lowest BCUT2D eigenvalue weighted by molar-refractivity contribution is 0.0948. The van der Waals surface area contributed by atoms with E-state index in [1.54, 1.807) is 36.5 Å². The quantitative estimate of drug-likeness (QED) is 0.505. The zero-order valence-electron chi connectivity index (χ0n) is 15.9. The first kappa shape index (κ1) is 18.3. The van der Waals surface area contributed by atoms with E-state index in [0.29, 0.717) is 28.9 Å². The lowest BCUT2D eigenvalue weighted by atomic mass is 10.1. The number of hydrogen-bond donors (Lipinski definition) is 2. The molecule has 2 aromatic heterocycles. The van der Waals surface area contributed by atoms with Crippen molar-refractivity contribution in [1.29, 1.82) is 0 Å². The summed E-state index contributed by atoms with van der Waals surface area (Å²) in [4.78, 5) is 16.9. The van der Waals surface area contributed by atoms with Crippen molar-refractivity contribution in [3.63, 3.8) is 0 Å². The number of fused-ring (bicyclic) bond motifs is 1. The topological polar surface area (TPSA) is 110 Å². The van der Waals surface area contributed by atoms with Crippen LogP contribution in [0.1, 0.15) is 35.8 Å². The molecule has 5 rings (SSSR count). The lowest BCUT2D eigenvalue weighted by Crippen LogP contribution is -2.23. The summed E-state index contributed by atoms with van der Waals surface area (Å²) in [5, 5.41) is 20.6. The first-order chi connectivity index (χ1) is 14.6. The van der Waals surface area contributed by atoms with Crippen molar-refractivity contribution in [3.05, 3.63) is 77.5 Å². The molecule has 2 heterocycles. The molecule has 1 aliphatic carbocycles. The first-order valence-corrected chi connectivity index (χ1v) is 9.56. The minimum Gasteiger partial charge on any atom is -0.438 e. The van der Waals surface area contributed by atoms with Crippen molar-refractivity contribution in [2.75, 3.05) is 0 Å². The third kappa shape index (κ3) is 3.60. The van der Waals surface area contributed by atoms with Crippen molar-refractivity contribution in [2.45, 2.75) is 25.0 Å². The van der Waals surface area contributed by atoms with E-state index in [4.69, 9.17) is 4.74 Å². The maximum absolute atomic E-state index is 12.7. The second kappa shape index (κ2) is 7.23. The Bertz CT molecular complexity index is 1220. The molecular formula is C22H20N4O4. The van der Waals surface area contributed by atoms with Gasteiger partial charge in [-0.2, -0.15) is 0 Å². The Morgan fingerprint density at radius 2 is 1.93 bits per heavy atom. The van der Waals surface area contributed by atoms with E-state index in [9.17, 15) is 9.90 Å². The van der Waals surface area contributed by atoms with Crippen LogP contribution in [-0.2, 0) is 12.1 Å². The monoisotopic (exact) mass is 404 g/mol. The highest BCUT2D eigenvalue weighted by molar-refractivity contribution is 5.96. The molecule has 0 spiro atoms. The van der Waals surface area contributed by atoms with E-state index in [0.717, 1.165) is 24.0 Å². The van der Waals surface area contributed by atoms with Crippen LogP contribution in [0.2, 0.25) is 0 Å². The van der Waals surface area contributed by atoms with E-state index >= 15 is 0 Å². The van der Waals surface area contributed by atoms with Gasteiger partial charge in [0.1, 0.15) is 22.3 Å². The molecule has 0 bridgehead atoms. The molecule has 0 aliphatic heterocycles. The molecule has 2 aromatic carbocycles. The van der Waals surface area contributed by atoms with Gasteiger partial charge >= 0.3 is 0 Å². The van der Waals surface area contributed by atoms with Crippen LogP contribution in [0.4, 0.5) is 0 Å².